The number of nitrogens with one attached hydrogen (secondary N) is 1. The van der Waals surface area contributed by atoms with E-state index in [4.69, 9.17) is 11.6 Å². The Hall–Kier alpha value is -1.95. The van der Waals surface area contributed by atoms with Gasteiger partial charge >= 0.3 is 0 Å². The van der Waals surface area contributed by atoms with Gasteiger partial charge in [0.25, 0.3) is 0 Å². The lowest BCUT2D eigenvalue weighted by Gasteiger charge is -2.05. The van der Waals surface area contributed by atoms with Crippen LogP contribution in [0.15, 0.2) is 23.2 Å². The van der Waals surface area contributed by atoms with Crippen molar-refractivity contribution in [3.05, 3.63) is 35.1 Å². The van der Waals surface area contributed by atoms with E-state index in [1.165, 1.54) is 12.6 Å². The van der Waals surface area contributed by atoms with Crippen LogP contribution in [0.4, 0.5) is 5.82 Å². The number of carbonyl (C=O) groups excluding carboxylic acids is 1. The molecule has 0 saturated heterocycles. The van der Waals surface area contributed by atoms with Crippen molar-refractivity contribution in [2.24, 2.45) is 0 Å². The van der Waals surface area contributed by atoms with Gasteiger partial charge in [-0.15, -0.1) is 0 Å². The Labute approximate surface area is 95.6 Å². The quantitative estimate of drug-likeness (QED) is 0.643. The largest absolute Gasteiger partial charge is 0.364 e. The molecule has 0 unspecified atom stereocenters. The van der Waals surface area contributed by atoms with E-state index in [1.807, 2.05) is 0 Å². The number of nitrogens with zero attached hydrogens (tertiary/aromatic N) is 3. The first-order valence-corrected chi connectivity index (χ1v) is 4.78. The lowest BCUT2D eigenvalue weighted by Crippen LogP contribution is -2.05. The van der Waals surface area contributed by atoms with E-state index in [2.05, 4.69) is 25.0 Å². The smallest absolute Gasteiger partial charge is 0.156 e. The third-order valence-electron chi connectivity index (χ3n) is 1.88. The van der Waals surface area contributed by atoms with Crippen molar-refractivity contribution >= 4 is 23.7 Å². The van der Waals surface area contributed by atoms with Crippen LogP contribution in [0.5, 0.6) is 0 Å². The van der Waals surface area contributed by atoms with Gasteiger partial charge in [0.05, 0.1) is 12.1 Å². The maximum atomic E-state index is 10.8. The molecule has 6 nitrogen and oxygen atoms in total. The van der Waals surface area contributed by atoms with Crippen molar-refractivity contribution in [1.82, 2.24) is 15.1 Å². The Bertz CT molecular complexity index is 486. The Morgan fingerprint density at radius 3 is 3.06 bits per heavy atom. The summed E-state index contributed by atoms with van der Waals surface area (Å²) in [5.41, 5.74) is 0.930. The first kappa shape index (κ1) is 10.6. The summed E-state index contributed by atoms with van der Waals surface area (Å²) < 4.78 is 4.66. The molecule has 0 spiro atoms. The van der Waals surface area contributed by atoms with E-state index in [9.17, 15) is 4.79 Å². The molecule has 82 valence electrons. The maximum absolute atomic E-state index is 10.8. The van der Waals surface area contributed by atoms with Crippen molar-refractivity contribution in [3.8, 4) is 0 Å². The zero-order valence-electron chi connectivity index (χ0n) is 8.05. The number of hydrogen-bond donors (Lipinski definition) is 1. The fraction of sp³-hybridized carbons (Fsp3) is 0.111. The van der Waals surface area contributed by atoms with E-state index in [1.54, 1.807) is 6.07 Å². The topological polar surface area (TPSA) is 80.9 Å². The van der Waals surface area contributed by atoms with Crippen LogP contribution in [0, 0.1) is 0 Å². The maximum Gasteiger partial charge on any atom is 0.156 e. The van der Waals surface area contributed by atoms with Crippen molar-refractivity contribution in [2.75, 3.05) is 5.32 Å². The fourth-order valence-electron chi connectivity index (χ4n) is 1.12. The molecule has 2 heterocycles. The number of hydrogen-bond acceptors (Lipinski definition) is 6. The lowest BCUT2D eigenvalue weighted by molar-refractivity contribution is 0.112. The van der Waals surface area contributed by atoms with Gasteiger partial charge in [0.15, 0.2) is 6.29 Å². The molecule has 0 amide bonds. The second-order valence-corrected chi connectivity index (χ2v) is 3.25. The summed E-state index contributed by atoms with van der Waals surface area (Å²) in [5, 5.41) is 6.74. The van der Waals surface area contributed by atoms with Crippen molar-refractivity contribution in [3.63, 3.8) is 0 Å². The second-order valence-electron chi connectivity index (χ2n) is 2.89. The van der Waals surface area contributed by atoms with E-state index in [0.717, 1.165) is 0 Å². The molecule has 0 aromatic carbocycles. The molecule has 0 saturated carbocycles. The van der Waals surface area contributed by atoms with Gasteiger partial charge in [-0.1, -0.05) is 16.8 Å². The van der Waals surface area contributed by atoms with Gasteiger partial charge in [-0.05, 0) is 0 Å². The molecule has 0 atom stereocenters. The Kier molecular flexibility index (Phi) is 3.11. The molecule has 16 heavy (non-hydrogen) atoms. The van der Waals surface area contributed by atoms with E-state index >= 15 is 0 Å². The van der Waals surface area contributed by atoms with Crippen LogP contribution in [0.3, 0.4) is 0 Å². The first-order chi connectivity index (χ1) is 7.81. The van der Waals surface area contributed by atoms with Crippen LogP contribution in [0.1, 0.15) is 16.1 Å². The molecule has 2 aromatic rings. The summed E-state index contributed by atoms with van der Waals surface area (Å²) in [6.07, 6.45) is 3.35. The SMILES string of the molecule is O=Cc1c(Cl)ncnc1NCc1ccon1. The second kappa shape index (κ2) is 4.71. The molecule has 2 rings (SSSR count). The zero-order valence-corrected chi connectivity index (χ0v) is 8.81. The average molecular weight is 239 g/mol. The van der Waals surface area contributed by atoms with Crippen molar-refractivity contribution < 1.29 is 9.32 Å². The number of carbonyl (C=O) groups is 1. The summed E-state index contributed by atoms with van der Waals surface area (Å²) in [7, 11) is 0. The standard InChI is InChI=1S/C9H7ClN4O2/c10-8-7(4-15)9(13-5-12-8)11-3-6-1-2-16-14-6/h1-2,4-5H,3H2,(H,11,12,13). The van der Waals surface area contributed by atoms with Gasteiger partial charge in [0.2, 0.25) is 0 Å². The van der Waals surface area contributed by atoms with Crippen molar-refractivity contribution in [2.45, 2.75) is 6.54 Å². The van der Waals surface area contributed by atoms with Crippen LogP contribution >= 0.6 is 11.6 Å². The molecule has 0 aliphatic rings. The van der Waals surface area contributed by atoms with Crippen LogP contribution in [-0.2, 0) is 6.54 Å². The Morgan fingerprint density at radius 2 is 2.38 bits per heavy atom. The Morgan fingerprint density at radius 1 is 1.50 bits per heavy atom. The predicted molar refractivity (Wildman–Crippen MR) is 56.3 cm³/mol. The molecule has 7 heteroatoms. The third kappa shape index (κ3) is 2.17. The minimum Gasteiger partial charge on any atom is -0.364 e. The van der Waals surface area contributed by atoms with Crippen LogP contribution in [0.2, 0.25) is 5.15 Å². The third-order valence-corrected chi connectivity index (χ3v) is 2.18. The molecule has 1 N–H and O–H groups in total. The highest BCUT2D eigenvalue weighted by molar-refractivity contribution is 6.32. The molecule has 0 aliphatic carbocycles. The van der Waals surface area contributed by atoms with Crippen LogP contribution in [-0.4, -0.2) is 21.4 Å². The molecule has 0 bridgehead atoms. The van der Waals surface area contributed by atoms with E-state index in [0.29, 0.717) is 24.3 Å². The Balaban J connectivity index is 2.15. The summed E-state index contributed by atoms with van der Waals surface area (Å²) >= 11 is 5.73. The normalized spacial score (nSPS) is 10.1. The highest BCUT2D eigenvalue weighted by Gasteiger charge is 2.08. The number of aromatic nitrogens is 3. The predicted octanol–water partition coefficient (Wildman–Crippen LogP) is 1.54. The van der Waals surface area contributed by atoms with Gasteiger partial charge in [-0.25, -0.2) is 9.97 Å². The van der Waals surface area contributed by atoms with Gasteiger partial charge in [0, 0.05) is 6.07 Å². The van der Waals surface area contributed by atoms with Crippen LogP contribution < -0.4 is 5.32 Å². The monoisotopic (exact) mass is 238 g/mol. The molecule has 0 fully saturated rings. The van der Waals surface area contributed by atoms with E-state index in [-0.39, 0.29) is 10.7 Å². The summed E-state index contributed by atoms with van der Waals surface area (Å²) in [5.74, 6) is 0.373. The molecular weight excluding hydrogens is 232 g/mol. The molecular formula is C9H7ClN4O2. The highest BCUT2D eigenvalue weighted by Crippen LogP contribution is 2.17. The number of rotatable bonds is 4. The minimum absolute atomic E-state index is 0.118. The van der Waals surface area contributed by atoms with Gasteiger partial charge in [-0.2, -0.15) is 0 Å². The average Bonchev–Trinajstić information content (AvgIpc) is 2.79. The first-order valence-electron chi connectivity index (χ1n) is 4.40. The number of halogens is 1. The van der Waals surface area contributed by atoms with Crippen molar-refractivity contribution in [1.29, 1.82) is 0 Å². The summed E-state index contributed by atoms with van der Waals surface area (Å²) in [6, 6.07) is 1.70. The van der Waals surface area contributed by atoms with Gasteiger partial charge in [0.1, 0.15) is 29.3 Å². The fourth-order valence-corrected chi connectivity index (χ4v) is 1.30. The molecule has 0 aliphatic heterocycles. The summed E-state index contributed by atoms with van der Waals surface area (Å²) in [6.45, 7) is 0.394. The number of aldehydes is 1. The highest BCUT2D eigenvalue weighted by atomic mass is 35.5. The molecule has 0 radical (unpaired) electrons. The summed E-state index contributed by atoms with van der Waals surface area (Å²) in [4.78, 5) is 18.4. The molecule has 2 aromatic heterocycles. The lowest BCUT2D eigenvalue weighted by atomic mass is 10.3. The van der Waals surface area contributed by atoms with E-state index < -0.39 is 0 Å². The van der Waals surface area contributed by atoms with Gasteiger partial charge < -0.3 is 9.84 Å². The zero-order chi connectivity index (χ0) is 11.4. The minimum atomic E-state index is 0.118. The van der Waals surface area contributed by atoms with Crippen LogP contribution in [0.25, 0.3) is 0 Å². The van der Waals surface area contributed by atoms with Gasteiger partial charge in [-0.3, -0.25) is 4.79 Å². The number of anilines is 1.